The largest absolute Gasteiger partial charge is 0.494 e. The van der Waals surface area contributed by atoms with Gasteiger partial charge in [-0.3, -0.25) is 9.59 Å². The van der Waals surface area contributed by atoms with Crippen LogP contribution in [0.4, 0.5) is 55.3 Å². The summed E-state index contributed by atoms with van der Waals surface area (Å²) in [5.74, 6) is -17.7. The first-order chi connectivity index (χ1) is 34.1. The molecule has 6 N–H and O–H groups in total. The molecule has 0 aliphatic heterocycles. The Hall–Kier alpha value is -7.72. The van der Waals surface area contributed by atoms with Gasteiger partial charge in [-0.2, -0.15) is 43.9 Å². The minimum atomic E-state index is -5.67. The number of hydrogen-bond acceptors (Lipinski definition) is 12. The lowest BCUT2D eigenvalue weighted by Crippen LogP contribution is -2.44. The summed E-state index contributed by atoms with van der Waals surface area (Å²) in [7, 11) is 0. The highest BCUT2D eigenvalue weighted by molar-refractivity contribution is 6.01. The van der Waals surface area contributed by atoms with Crippen molar-refractivity contribution in [2.45, 2.75) is 68.0 Å². The minimum Gasteiger partial charge on any atom is -0.494 e. The molecule has 5 rings (SSSR count). The zero-order valence-electron chi connectivity index (χ0n) is 37.9. The molecule has 0 saturated carbocycles. The normalized spacial score (nSPS) is 12.9. The van der Waals surface area contributed by atoms with Crippen molar-refractivity contribution in [1.82, 2.24) is 0 Å². The maximum absolute atomic E-state index is 13.4. The van der Waals surface area contributed by atoms with E-state index >= 15 is 0 Å². The van der Waals surface area contributed by atoms with Gasteiger partial charge in [0.1, 0.15) is 23.0 Å². The van der Waals surface area contributed by atoms with Crippen molar-refractivity contribution in [3.05, 3.63) is 155 Å². The molecule has 0 spiro atoms. The zero-order chi connectivity index (χ0) is 53.8. The van der Waals surface area contributed by atoms with E-state index in [1.807, 2.05) is 0 Å². The molecule has 1 atom stereocenters. The molecule has 0 amide bonds. The lowest BCUT2D eigenvalue weighted by atomic mass is 9.82. The molecule has 0 heterocycles. The third-order valence-corrected chi connectivity index (χ3v) is 10.6. The van der Waals surface area contributed by atoms with E-state index in [0.717, 1.165) is 12.2 Å². The van der Waals surface area contributed by atoms with Crippen LogP contribution in [0.25, 0.3) is 12.2 Å². The van der Waals surface area contributed by atoms with Crippen LogP contribution < -0.4 is 30.4 Å². The molecule has 22 heteroatoms. The molecule has 5 aromatic rings. The highest BCUT2D eigenvalue weighted by Crippen LogP contribution is 2.40. The number of aliphatic hydroxyl groups is 2. The van der Waals surface area contributed by atoms with Crippen molar-refractivity contribution in [3.63, 3.8) is 0 Å². The number of nitrogen functional groups attached to an aromatic ring is 2. The number of allylic oxidation sites excluding steroid dienone is 1. The lowest BCUT2D eigenvalue weighted by molar-refractivity contribution is -0.284. The van der Waals surface area contributed by atoms with Gasteiger partial charge in [0.25, 0.3) is 0 Å². The number of nitrogens with two attached hydrogens (primary N) is 2. The summed E-state index contributed by atoms with van der Waals surface area (Å²) in [5, 5.41) is 22.7. The molecule has 0 fully saturated rings. The van der Waals surface area contributed by atoms with Crippen LogP contribution in [-0.2, 0) is 9.59 Å². The van der Waals surface area contributed by atoms with Crippen molar-refractivity contribution in [1.29, 1.82) is 0 Å². The Balaban J connectivity index is 1.14. The van der Waals surface area contributed by atoms with Gasteiger partial charge in [-0.15, -0.1) is 0 Å². The number of benzene rings is 5. The number of carbonyl (C=O) groups excluding carboxylic acids is 4. The zero-order valence-corrected chi connectivity index (χ0v) is 37.9. The highest BCUT2D eigenvalue weighted by atomic mass is 19.4. The molecule has 0 saturated heterocycles. The molecule has 5 aromatic carbocycles. The van der Waals surface area contributed by atoms with Crippen LogP contribution in [0.3, 0.4) is 0 Å². The molecular formula is C51H44F10N2O10. The van der Waals surface area contributed by atoms with E-state index < -0.39 is 105 Å². The molecular weight excluding hydrogens is 991 g/mol. The van der Waals surface area contributed by atoms with Crippen LogP contribution >= 0.6 is 0 Å². The van der Waals surface area contributed by atoms with Gasteiger partial charge >= 0.3 is 36.1 Å². The van der Waals surface area contributed by atoms with Gasteiger partial charge in [-0.25, -0.2) is 9.59 Å². The van der Waals surface area contributed by atoms with Crippen LogP contribution in [0.15, 0.2) is 127 Å². The Labute approximate surface area is 409 Å². The van der Waals surface area contributed by atoms with E-state index in [9.17, 15) is 73.3 Å². The number of carbonyl (C=O) groups is 4. The van der Waals surface area contributed by atoms with E-state index in [1.54, 1.807) is 0 Å². The predicted molar refractivity (Wildman–Crippen MR) is 245 cm³/mol. The summed E-state index contributed by atoms with van der Waals surface area (Å²) < 4.78 is 148. The Morgan fingerprint density at radius 1 is 0.534 bits per heavy atom. The van der Waals surface area contributed by atoms with Gasteiger partial charge in [0.05, 0.1) is 30.3 Å². The van der Waals surface area contributed by atoms with E-state index in [0.29, 0.717) is 11.1 Å². The maximum atomic E-state index is 13.4. The second-order valence-electron chi connectivity index (χ2n) is 16.1. The van der Waals surface area contributed by atoms with Crippen molar-refractivity contribution >= 4 is 47.0 Å². The molecule has 0 bridgehead atoms. The Bertz CT molecular complexity index is 2760. The summed E-state index contributed by atoms with van der Waals surface area (Å²) in [4.78, 5) is 52.2. The van der Waals surface area contributed by atoms with Crippen molar-refractivity contribution in [3.8, 4) is 23.0 Å². The van der Waals surface area contributed by atoms with Crippen molar-refractivity contribution in [2.24, 2.45) is 0 Å². The van der Waals surface area contributed by atoms with Crippen LogP contribution in [-0.4, -0.2) is 76.9 Å². The Morgan fingerprint density at radius 3 is 1.33 bits per heavy atom. The lowest BCUT2D eigenvalue weighted by Gasteiger charge is -2.30. The number of alkyl halides is 10. The first kappa shape index (κ1) is 56.2. The van der Waals surface area contributed by atoms with Crippen molar-refractivity contribution < 1.29 is 92.2 Å². The standard InChI is InChI=1S/C51H44F10N2O10/c52-47(53,50(56,57)58)25-1-27-70-37-19-9-33(10-20-37)45(66)72-39-15-4-31(5-16-39)3-14-36(64)30-42(41-23-13-35(62)29-43(41)63)49(68,69)44(65)24-8-32-6-17-40(18-7-32)73-46(67)34-11-21-38(22-12-34)71-28-2-26-48(54,55)51(59,60)61/h3-24,29,42,68-69H,1-2,25-28,30,62-63H2/b14-3+,24-8+. The van der Waals surface area contributed by atoms with Crippen molar-refractivity contribution in [2.75, 3.05) is 24.7 Å². The second-order valence-corrected chi connectivity index (χ2v) is 16.1. The number of esters is 2. The number of ether oxygens (including phenoxy) is 4. The molecule has 1 unspecified atom stereocenters. The van der Waals surface area contributed by atoms with E-state index in [1.165, 1.54) is 127 Å². The van der Waals surface area contributed by atoms with Gasteiger partial charge in [-0.05, 0) is 127 Å². The SMILES string of the molecule is Nc1ccc(C(CC(=O)/C=C/c2ccc(OC(=O)c3ccc(OCCCC(F)(F)C(F)(F)F)cc3)cc2)C(O)(O)C(=O)/C=C/c2ccc(OC(=O)c3ccc(OCCCC(F)(F)C(F)(F)F)cc3)cc2)c(N)c1. The van der Waals surface area contributed by atoms with Crippen LogP contribution in [0.1, 0.15) is 75.4 Å². The Morgan fingerprint density at radius 2 is 0.932 bits per heavy atom. The first-order valence-corrected chi connectivity index (χ1v) is 21.7. The fraction of sp³-hybridized carbons (Fsp3) is 0.255. The van der Waals surface area contributed by atoms with E-state index in [2.05, 4.69) is 0 Å². The molecule has 0 radical (unpaired) electrons. The van der Waals surface area contributed by atoms with Gasteiger partial charge in [-0.1, -0.05) is 42.5 Å². The fourth-order valence-corrected chi connectivity index (χ4v) is 6.56. The molecule has 0 aliphatic rings. The van der Waals surface area contributed by atoms with Crippen LogP contribution in [0, 0.1) is 0 Å². The average Bonchev–Trinajstić information content (AvgIpc) is 3.32. The summed E-state index contributed by atoms with van der Waals surface area (Å²) in [5.41, 5.74) is 13.0. The topological polar surface area (TPSA) is 198 Å². The first-order valence-electron chi connectivity index (χ1n) is 21.7. The third kappa shape index (κ3) is 15.9. The smallest absolute Gasteiger partial charge is 0.453 e. The molecule has 12 nitrogen and oxygen atoms in total. The summed E-state index contributed by atoms with van der Waals surface area (Å²) in [6.45, 7) is -0.866. The van der Waals surface area contributed by atoms with Gasteiger partial charge < -0.3 is 40.6 Å². The number of rotatable bonds is 23. The van der Waals surface area contributed by atoms with Gasteiger partial charge in [0, 0.05) is 30.6 Å². The number of halogens is 10. The molecule has 0 aliphatic carbocycles. The summed E-state index contributed by atoms with van der Waals surface area (Å²) in [6.07, 6.45) is -11.5. The highest BCUT2D eigenvalue weighted by Gasteiger charge is 2.57. The fourth-order valence-electron chi connectivity index (χ4n) is 6.56. The minimum absolute atomic E-state index is 0.0174. The quantitative estimate of drug-likeness (QED) is 0.00920. The molecule has 0 aromatic heterocycles. The van der Waals surface area contributed by atoms with E-state index in [-0.39, 0.29) is 51.1 Å². The number of anilines is 2. The van der Waals surface area contributed by atoms with Gasteiger partial charge in [0.15, 0.2) is 5.78 Å². The Kier molecular flexibility index (Phi) is 18.2. The summed E-state index contributed by atoms with van der Waals surface area (Å²) in [6, 6.07) is 25.8. The van der Waals surface area contributed by atoms with Crippen LogP contribution in [0.5, 0.6) is 23.0 Å². The predicted octanol–water partition coefficient (Wildman–Crippen LogP) is 10.7. The second kappa shape index (κ2) is 23.7. The third-order valence-electron chi connectivity index (χ3n) is 10.6. The average molecular weight is 1030 g/mol. The maximum Gasteiger partial charge on any atom is 0.453 e. The molecule has 73 heavy (non-hydrogen) atoms. The van der Waals surface area contributed by atoms with Crippen LogP contribution in [0.2, 0.25) is 0 Å². The number of ketones is 2. The molecule has 388 valence electrons. The number of hydrogen-bond donors (Lipinski definition) is 4. The monoisotopic (exact) mass is 1030 g/mol. The van der Waals surface area contributed by atoms with Gasteiger partial charge in [0.2, 0.25) is 11.6 Å². The summed E-state index contributed by atoms with van der Waals surface area (Å²) >= 11 is 0. The van der Waals surface area contributed by atoms with E-state index in [4.69, 9.17) is 30.4 Å².